The molecular formula is C5H11NO2S. The summed E-state index contributed by atoms with van der Waals surface area (Å²) in [6.45, 7) is 1.32. The van der Waals surface area contributed by atoms with Gasteiger partial charge in [0.1, 0.15) is 0 Å². The highest BCUT2D eigenvalue weighted by Gasteiger charge is 2.15. The predicted molar refractivity (Wildman–Crippen MR) is 38.5 cm³/mol. The van der Waals surface area contributed by atoms with Gasteiger partial charge in [-0.05, 0) is 6.92 Å². The van der Waals surface area contributed by atoms with Gasteiger partial charge in [0.25, 0.3) is 0 Å². The second-order valence-electron chi connectivity index (χ2n) is 1.87. The van der Waals surface area contributed by atoms with Gasteiger partial charge in [0.05, 0.1) is 17.9 Å². The van der Waals surface area contributed by atoms with E-state index in [2.05, 4.69) is 12.6 Å². The number of thiol groups is 1. The Balaban J connectivity index is 3.73. The molecule has 0 saturated carbocycles. The maximum absolute atomic E-state index is 10.7. The van der Waals surface area contributed by atoms with Crippen molar-refractivity contribution in [3.8, 4) is 0 Å². The molecule has 9 heavy (non-hydrogen) atoms. The Morgan fingerprint density at radius 3 is 2.44 bits per heavy atom. The lowest BCUT2D eigenvalue weighted by Gasteiger charge is -2.07. The van der Waals surface area contributed by atoms with Crippen LogP contribution in [0.2, 0.25) is 0 Å². The van der Waals surface area contributed by atoms with Gasteiger partial charge in [-0.2, -0.15) is 12.6 Å². The minimum absolute atomic E-state index is 0.221. The van der Waals surface area contributed by atoms with Crippen molar-refractivity contribution in [3.63, 3.8) is 0 Å². The van der Waals surface area contributed by atoms with Crippen molar-refractivity contribution in [2.24, 2.45) is 5.73 Å². The minimum atomic E-state index is -0.766. The van der Waals surface area contributed by atoms with Gasteiger partial charge in [-0.1, -0.05) is 0 Å². The summed E-state index contributed by atoms with van der Waals surface area (Å²) in [5.74, 6) is -0.221. The van der Waals surface area contributed by atoms with Gasteiger partial charge >= 0.3 is 0 Å². The van der Waals surface area contributed by atoms with E-state index in [1.54, 1.807) is 6.92 Å². The fourth-order valence-electron chi connectivity index (χ4n) is 0.400. The van der Waals surface area contributed by atoms with Crippen LogP contribution >= 0.6 is 12.6 Å². The lowest BCUT2D eigenvalue weighted by Crippen LogP contribution is -2.38. The highest BCUT2D eigenvalue weighted by molar-refractivity contribution is 7.81. The van der Waals surface area contributed by atoms with Crippen LogP contribution in [0.1, 0.15) is 6.92 Å². The molecule has 2 atom stereocenters. The van der Waals surface area contributed by atoms with Gasteiger partial charge in [0, 0.05) is 0 Å². The predicted octanol–water partition coefficient (Wildman–Crippen LogP) is -0.807. The molecule has 0 radical (unpaired) electrons. The number of hydrogen-bond acceptors (Lipinski definition) is 4. The molecule has 0 amide bonds. The van der Waals surface area contributed by atoms with Crippen LogP contribution in [0.15, 0.2) is 0 Å². The van der Waals surface area contributed by atoms with Crippen LogP contribution in [0.5, 0.6) is 0 Å². The van der Waals surface area contributed by atoms with E-state index >= 15 is 0 Å². The largest absolute Gasteiger partial charge is 0.394 e. The minimum Gasteiger partial charge on any atom is -0.394 e. The van der Waals surface area contributed by atoms with Crippen LogP contribution < -0.4 is 5.73 Å². The molecule has 1 unspecified atom stereocenters. The number of hydrogen-bond donors (Lipinski definition) is 3. The zero-order valence-electron chi connectivity index (χ0n) is 5.24. The SMILES string of the molecule is CC(S)C(=O)[C@H](N)CO. The van der Waals surface area contributed by atoms with Crippen molar-refractivity contribution in [2.45, 2.75) is 18.2 Å². The van der Waals surface area contributed by atoms with Gasteiger partial charge in [-0.25, -0.2) is 0 Å². The topological polar surface area (TPSA) is 63.3 Å². The molecule has 0 rings (SSSR count). The number of carbonyl (C=O) groups excluding carboxylic acids is 1. The Morgan fingerprint density at radius 2 is 2.33 bits per heavy atom. The van der Waals surface area contributed by atoms with Crippen molar-refractivity contribution < 1.29 is 9.90 Å². The van der Waals surface area contributed by atoms with Crippen molar-refractivity contribution in [1.29, 1.82) is 0 Å². The van der Waals surface area contributed by atoms with Crippen molar-refractivity contribution >= 4 is 18.4 Å². The first-order chi connectivity index (χ1) is 4.09. The summed E-state index contributed by atoms with van der Waals surface area (Å²) in [4.78, 5) is 10.7. The van der Waals surface area contributed by atoms with Gasteiger partial charge in [0.2, 0.25) is 0 Å². The highest BCUT2D eigenvalue weighted by Crippen LogP contribution is 1.96. The summed E-state index contributed by atoms with van der Waals surface area (Å²) >= 11 is 3.85. The smallest absolute Gasteiger partial charge is 0.164 e. The lowest BCUT2D eigenvalue weighted by atomic mass is 10.2. The number of aliphatic hydroxyl groups is 1. The fraction of sp³-hybridized carbons (Fsp3) is 0.800. The van der Waals surface area contributed by atoms with Crippen LogP contribution in [-0.2, 0) is 4.79 Å². The average Bonchev–Trinajstić information content (AvgIpc) is 1.84. The Labute approximate surface area is 59.6 Å². The highest BCUT2D eigenvalue weighted by atomic mass is 32.1. The molecule has 0 aromatic heterocycles. The molecule has 0 aliphatic rings. The van der Waals surface area contributed by atoms with Gasteiger partial charge in [-0.3, -0.25) is 4.79 Å². The summed E-state index contributed by atoms with van der Waals surface area (Å²) in [6.07, 6.45) is 0. The van der Waals surface area contributed by atoms with E-state index in [4.69, 9.17) is 10.8 Å². The first kappa shape index (κ1) is 8.94. The maximum atomic E-state index is 10.7. The van der Waals surface area contributed by atoms with Gasteiger partial charge < -0.3 is 10.8 Å². The van der Waals surface area contributed by atoms with Crippen LogP contribution in [-0.4, -0.2) is 28.8 Å². The molecule has 0 aromatic rings. The van der Waals surface area contributed by atoms with Crippen molar-refractivity contribution in [2.75, 3.05) is 6.61 Å². The standard InChI is InChI=1S/C5H11NO2S/c1-3(9)5(8)4(6)2-7/h3-4,7,9H,2,6H2,1H3/t3?,4-/m1/s1. The summed E-state index contributed by atoms with van der Waals surface area (Å²) in [5.41, 5.74) is 5.17. The zero-order valence-corrected chi connectivity index (χ0v) is 6.14. The normalized spacial score (nSPS) is 16.9. The van der Waals surface area contributed by atoms with E-state index in [1.807, 2.05) is 0 Å². The van der Waals surface area contributed by atoms with E-state index in [0.717, 1.165) is 0 Å². The molecule has 4 heteroatoms. The van der Waals surface area contributed by atoms with E-state index in [1.165, 1.54) is 0 Å². The molecule has 0 spiro atoms. The molecule has 54 valence electrons. The summed E-state index contributed by atoms with van der Waals surface area (Å²) in [7, 11) is 0. The third-order valence-corrected chi connectivity index (χ3v) is 1.23. The summed E-state index contributed by atoms with van der Waals surface area (Å²) < 4.78 is 0. The summed E-state index contributed by atoms with van der Waals surface area (Å²) in [6, 6.07) is -0.766. The number of aliphatic hydroxyl groups excluding tert-OH is 1. The maximum Gasteiger partial charge on any atom is 0.164 e. The lowest BCUT2D eigenvalue weighted by molar-refractivity contribution is -0.120. The first-order valence-corrected chi connectivity index (χ1v) is 3.19. The molecule has 0 bridgehead atoms. The number of rotatable bonds is 3. The van der Waals surface area contributed by atoms with Gasteiger partial charge in [-0.15, -0.1) is 0 Å². The molecule has 0 heterocycles. The van der Waals surface area contributed by atoms with E-state index in [0.29, 0.717) is 0 Å². The van der Waals surface area contributed by atoms with Crippen molar-refractivity contribution in [3.05, 3.63) is 0 Å². The van der Waals surface area contributed by atoms with Crippen LogP contribution in [0.3, 0.4) is 0 Å². The zero-order chi connectivity index (χ0) is 7.44. The quantitative estimate of drug-likeness (QED) is 0.460. The molecule has 0 fully saturated rings. The monoisotopic (exact) mass is 149 g/mol. The Morgan fingerprint density at radius 1 is 1.89 bits per heavy atom. The molecule has 0 aromatic carbocycles. The molecular weight excluding hydrogens is 138 g/mol. The van der Waals surface area contributed by atoms with E-state index in [9.17, 15) is 4.79 Å². The molecule has 3 N–H and O–H groups in total. The Kier molecular flexibility index (Phi) is 3.84. The second kappa shape index (κ2) is 3.87. The van der Waals surface area contributed by atoms with Crippen molar-refractivity contribution in [1.82, 2.24) is 0 Å². The van der Waals surface area contributed by atoms with E-state index in [-0.39, 0.29) is 17.6 Å². The number of carbonyl (C=O) groups is 1. The number of nitrogens with two attached hydrogens (primary N) is 1. The third kappa shape index (κ3) is 2.84. The summed E-state index contributed by atoms with van der Waals surface area (Å²) in [5, 5.41) is 7.99. The van der Waals surface area contributed by atoms with Crippen LogP contribution in [0.25, 0.3) is 0 Å². The molecule has 0 aliphatic carbocycles. The van der Waals surface area contributed by atoms with Gasteiger partial charge in [0.15, 0.2) is 5.78 Å². The molecule has 3 nitrogen and oxygen atoms in total. The molecule has 0 aliphatic heterocycles. The van der Waals surface area contributed by atoms with E-state index < -0.39 is 6.04 Å². The second-order valence-corrected chi connectivity index (χ2v) is 2.64. The number of Topliss-reactive ketones (excluding diaryl/α,β-unsaturated/α-hetero) is 1. The third-order valence-electron chi connectivity index (χ3n) is 0.974. The Bertz CT molecular complexity index is 105. The average molecular weight is 149 g/mol. The van der Waals surface area contributed by atoms with Crippen LogP contribution in [0, 0.1) is 0 Å². The fourth-order valence-corrected chi connectivity index (χ4v) is 0.591. The van der Waals surface area contributed by atoms with Crippen LogP contribution in [0.4, 0.5) is 0 Å². The molecule has 0 saturated heterocycles. The Hall–Kier alpha value is -0.0600. The first-order valence-electron chi connectivity index (χ1n) is 2.67. The number of ketones is 1.